The standard InChI is InChI=1S/C27H30N8O/c1-3-5-25(36)30-23-7-4-6-20(16-23)19-35-26-21(18-29-35)17-28-27(32-26)31-22-8-10-24(11-9-22)34-14-12-33(2)13-15-34/h3-11,16-18H,12-15,19H2,1-2H3,(H,30,36)(H,28,31,32)/b5-3+. The van der Waals surface area contributed by atoms with Gasteiger partial charge < -0.3 is 20.4 Å². The summed E-state index contributed by atoms with van der Waals surface area (Å²) in [5.41, 5.74) is 4.65. The Morgan fingerprint density at radius 1 is 1.03 bits per heavy atom. The number of allylic oxidation sites excluding steroid dienone is 1. The van der Waals surface area contributed by atoms with E-state index < -0.39 is 0 Å². The minimum absolute atomic E-state index is 0.154. The Labute approximate surface area is 210 Å². The molecular formula is C27H30N8O. The molecule has 36 heavy (non-hydrogen) atoms. The van der Waals surface area contributed by atoms with Crippen LogP contribution in [0.3, 0.4) is 0 Å². The maximum absolute atomic E-state index is 11.9. The monoisotopic (exact) mass is 482 g/mol. The summed E-state index contributed by atoms with van der Waals surface area (Å²) in [5.74, 6) is 0.364. The number of piperazine rings is 1. The summed E-state index contributed by atoms with van der Waals surface area (Å²) >= 11 is 0. The van der Waals surface area contributed by atoms with E-state index in [1.807, 2.05) is 35.9 Å². The van der Waals surface area contributed by atoms with Crippen molar-refractivity contribution in [3.63, 3.8) is 0 Å². The van der Waals surface area contributed by atoms with Crippen LogP contribution >= 0.6 is 0 Å². The molecule has 9 heteroatoms. The van der Waals surface area contributed by atoms with E-state index in [-0.39, 0.29) is 5.91 Å². The van der Waals surface area contributed by atoms with Crippen molar-refractivity contribution >= 4 is 40.0 Å². The molecule has 0 radical (unpaired) electrons. The summed E-state index contributed by atoms with van der Waals surface area (Å²) in [6.45, 7) is 6.57. The molecule has 4 aromatic rings. The van der Waals surface area contributed by atoms with Crippen LogP contribution in [0.5, 0.6) is 0 Å². The van der Waals surface area contributed by atoms with Crippen LogP contribution in [0.4, 0.5) is 23.0 Å². The number of nitrogens with one attached hydrogen (secondary N) is 2. The average Bonchev–Trinajstić information content (AvgIpc) is 3.27. The van der Waals surface area contributed by atoms with Gasteiger partial charge in [0.15, 0.2) is 5.65 Å². The second kappa shape index (κ2) is 10.6. The van der Waals surface area contributed by atoms with Crippen molar-refractivity contribution in [1.82, 2.24) is 24.6 Å². The van der Waals surface area contributed by atoms with Crippen molar-refractivity contribution in [3.05, 3.63) is 78.6 Å². The number of amides is 1. The van der Waals surface area contributed by atoms with E-state index in [1.165, 1.54) is 11.8 Å². The average molecular weight is 483 g/mol. The van der Waals surface area contributed by atoms with Gasteiger partial charge in [-0.3, -0.25) is 4.79 Å². The van der Waals surface area contributed by atoms with Gasteiger partial charge in [-0.15, -0.1) is 0 Å². The lowest BCUT2D eigenvalue weighted by Crippen LogP contribution is -2.44. The van der Waals surface area contributed by atoms with Crippen molar-refractivity contribution < 1.29 is 4.79 Å². The predicted molar refractivity (Wildman–Crippen MR) is 144 cm³/mol. The Kier molecular flexibility index (Phi) is 6.90. The minimum Gasteiger partial charge on any atom is -0.369 e. The quantitative estimate of drug-likeness (QED) is 0.386. The first-order chi connectivity index (χ1) is 17.6. The molecule has 1 fully saturated rings. The number of hydrogen-bond donors (Lipinski definition) is 2. The predicted octanol–water partition coefficient (Wildman–Crippen LogP) is 3.88. The van der Waals surface area contributed by atoms with E-state index in [4.69, 9.17) is 4.98 Å². The molecule has 3 heterocycles. The summed E-state index contributed by atoms with van der Waals surface area (Å²) in [5, 5.41) is 11.6. The van der Waals surface area contributed by atoms with E-state index in [2.05, 4.69) is 61.8 Å². The van der Waals surface area contributed by atoms with Crippen LogP contribution in [0.25, 0.3) is 11.0 Å². The molecule has 1 aliphatic heterocycles. The molecule has 0 bridgehead atoms. The van der Waals surface area contributed by atoms with Crippen LogP contribution in [-0.2, 0) is 11.3 Å². The first-order valence-corrected chi connectivity index (χ1v) is 12.1. The maximum atomic E-state index is 11.9. The van der Waals surface area contributed by atoms with Gasteiger partial charge in [0.25, 0.3) is 0 Å². The highest BCUT2D eigenvalue weighted by Crippen LogP contribution is 2.22. The molecule has 5 rings (SSSR count). The second-order valence-corrected chi connectivity index (χ2v) is 8.93. The maximum Gasteiger partial charge on any atom is 0.248 e. The van der Waals surface area contributed by atoms with Crippen molar-refractivity contribution in [2.24, 2.45) is 0 Å². The van der Waals surface area contributed by atoms with Gasteiger partial charge >= 0.3 is 0 Å². The number of nitrogens with zero attached hydrogens (tertiary/aromatic N) is 6. The first kappa shape index (κ1) is 23.5. The third-order valence-electron chi connectivity index (χ3n) is 6.21. The molecule has 1 aliphatic rings. The normalized spacial score (nSPS) is 14.4. The summed E-state index contributed by atoms with van der Waals surface area (Å²) < 4.78 is 1.84. The number of carbonyl (C=O) groups is 1. The van der Waals surface area contributed by atoms with Crippen LogP contribution in [0.2, 0.25) is 0 Å². The SMILES string of the molecule is C/C=C/C(=O)Nc1cccc(Cn2ncc3cnc(Nc4ccc(N5CCN(C)CC5)cc4)nc32)c1. The van der Waals surface area contributed by atoms with Gasteiger partial charge in [0.2, 0.25) is 11.9 Å². The van der Waals surface area contributed by atoms with Crippen LogP contribution < -0.4 is 15.5 Å². The van der Waals surface area contributed by atoms with E-state index in [9.17, 15) is 4.79 Å². The number of likely N-dealkylation sites (N-methyl/N-ethyl adjacent to an activating group) is 1. The van der Waals surface area contributed by atoms with Crippen LogP contribution in [0.15, 0.2) is 73.1 Å². The molecule has 0 aliphatic carbocycles. The van der Waals surface area contributed by atoms with Gasteiger partial charge in [-0.05, 0) is 62.0 Å². The van der Waals surface area contributed by atoms with E-state index in [0.717, 1.165) is 54.2 Å². The van der Waals surface area contributed by atoms with Gasteiger partial charge in [0.05, 0.1) is 18.1 Å². The Morgan fingerprint density at radius 2 is 1.83 bits per heavy atom. The Hall–Kier alpha value is -4.24. The van der Waals surface area contributed by atoms with Gasteiger partial charge in [-0.2, -0.15) is 10.1 Å². The van der Waals surface area contributed by atoms with Gasteiger partial charge in [0.1, 0.15) is 0 Å². The molecule has 9 nitrogen and oxygen atoms in total. The molecule has 0 unspecified atom stereocenters. The van der Waals surface area contributed by atoms with Gasteiger partial charge in [-0.1, -0.05) is 18.2 Å². The van der Waals surface area contributed by atoms with Crippen LogP contribution in [0, 0.1) is 0 Å². The molecule has 184 valence electrons. The third kappa shape index (κ3) is 5.52. The topological polar surface area (TPSA) is 91.2 Å². The summed E-state index contributed by atoms with van der Waals surface area (Å²) in [4.78, 5) is 25.8. The number of benzene rings is 2. The molecule has 0 spiro atoms. The summed E-state index contributed by atoms with van der Waals surface area (Å²) in [7, 11) is 2.16. The Morgan fingerprint density at radius 3 is 2.61 bits per heavy atom. The highest BCUT2D eigenvalue weighted by molar-refractivity contribution is 5.99. The first-order valence-electron chi connectivity index (χ1n) is 12.1. The van der Waals surface area contributed by atoms with Crippen molar-refractivity contribution in [3.8, 4) is 0 Å². The van der Waals surface area contributed by atoms with Crippen LogP contribution in [-0.4, -0.2) is 63.8 Å². The van der Waals surface area contributed by atoms with Crippen molar-refractivity contribution in [2.75, 3.05) is 48.8 Å². The fourth-order valence-corrected chi connectivity index (χ4v) is 4.25. The van der Waals surface area contributed by atoms with E-state index >= 15 is 0 Å². The highest BCUT2D eigenvalue weighted by Gasteiger charge is 2.14. The summed E-state index contributed by atoms with van der Waals surface area (Å²) in [6.07, 6.45) is 6.75. The summed E-state index contributed by atoms with van der Waals surface area (Å²) in [6, 6.07) is 16.1. The van der Waals surface area contributed by atoms with Crippen LogP contribution in [0.1, 0.15) is 12.5 Å². The number of anilines is 4. The molecule has 0 saturated carbocycles. The number of rotatable bonds is 7. The molecule has 2 aromatic carbocycles. The fourth-order valence-electron chi connectivity index (χ4n) is 4.25. The van der Waals surface area contributed by atoms with Gasteiger partial charge in [0, 0.05) is 49.4 Å². The molecule has 0 atom stereocenters. The smallest absolute Gasteiger partial charge is 0.248 e. The van der Waals surface area contributed by atoms with Crippen molar-refractivity contribution in [2.45, 2.75) is 13.5 Å². The zero-order valence-electron chi connectivity index (χ0n) is 20.6. The number of carbonyl (C=O) groups excluding carboxylic acids is 1. The lowest BCUT2D eigenvalue weighted by atomic mass is 10.2. The molecule has 2 N–H and O–H groups in total. The highest BCUT2D eigenvalue weighted by atomic mass is 16.1. The number of aromatic nitrogens is 4. The molecule has 2 aromatic heterocycles. The third-order valence-corrected chi connectivity index (χ3v) is 6.21. The largest absolute Gasteiger partial charge is 0.369 e. The fraction of sp³-hybridized carbons (Fsp3) is 0.259. The van der Waals surface area contributed by atoms with E-state index in [1.54, 1.807) is 18.5 Å². The van der Waals surface area contributed by atoms with E-state index in [0.29, 0.717) is 12.5 Å². The Bertz CT molecular complexity index is 1370. The minimum atomic E-state index is -0.154. The lowest BCUT2D eigenvalue weighted by molar-refractivity contribution is -0.111. The van der Waals surface area contributed by atoms with Crippen molar-refractivity contribution in [1.29, 1.82) is 0 Å². The molecule has 1 amide bonds. The lowest BCUT2D eigenvalue weighted by Gasteiger charge is -2.34. The molecule has 1 saturated heterocycles. The number of fused-ring (bicyclic) bond motifs is 1. The zero-order valence-corrected chi connectivity index (χ0v) is 20.6. The van der Waals surface area contributed by atoms with Gasteiger partial charge in [-0.25, -0.2) is 9.67 Å². The second-order valence-electron chi connectivity index (χ2n) is 8.93. The molecular weight excluding hydrogens is 452 g/mol. The zero-order chi connectivity index (χ0) is 24.9. The Balaban J connectivity index is 1.29. The number of hydrogen-bond acceptors (Lipinski definition) is 7.